The maximum absolute atomic E-state index is 12.9. The molecule has 0 saturated carbocycles. The topological polar surface area (TPSA) is 78.9 Å². The van der Waals surface area contributed by atoms with E-state index in [1.165, 1.54) is 83.5 Å². The van der Waals surface area contributed by atoms with Gasteiger partial charge in [-0.05, 0) is 141 Å². The summed E-state index contributed by atoms with van der Waals surface area (Å²) in [6.07, 6.45) is 91.3. The van der Waals surface area contributed by atoms with Crippen LogP contribution in [-0.4, -0.2) is 37.2 Å². The first-order valence-corrected chi connectivity index (χ1v) is 31.3. The van der Waals surface area contributed by atoms with Crippen LogP contribution in [0.25, 0.3) is 0 Å². The molecule has 0 spiro atoms. The van der Waals surface area contributed by atoms with Gasteiger partial charge >= 0.3 is 17.9 Å². The van der Waals surface area contributed by atoms with Crippen molar-refractivity contribution < 1.29 is 28.6 Å². The minimum absolute atomic E-state index is 0.110. The van der Waals surface area contributed by atoms with Crippen molar-refractivity contribution in [3.63, 3.8) is 0 Å². The molecule has 1 unspecified atom stereocenters. The predicted octanol–water partition coefficient (Wildman–Crippen LogP) is 21.5. The van der Waals surface area contributed by atoms with E-state index in [1.54, 1.807) is 0 Å². The Bertz CT molecular complexity index is 1700. The molecule has 0 amide bonds. The summed E-state index contributed by atoms with van der Waals surface area (Å²) in [5.74, 6) is -0.981. The molecule has 0 fully saturated rings. The monoisotopic (exact) mass is 1060 g/mol. The lowest BCUT2D eigenvalue weighted by molar-refractivity contribution is -0.167. The van der Waals surface area contributed by atoms with Crippen molar-refractivity contribution in [2.75, 3.05) is 13.2 Å². The highest BCUT2D eigenvalue weighted by atomic mass is 16.6. The van der Waals surface area contributed by atoms with Gasteiger partial charge in [-0.15, -0.1) is 0 Å². The molecule has 0 saturated heterocycles. The van der Waals surface area contributed by atoms with Crippen LogP contribution in [0.1, 0.15) is 265 Å². The van der Waals surface area contributed by atoms with E-state index in [0.717, 1.165) is 135 Å². The highest BCUT2D eigenvalue weighted by Crippen LogP contribution is 2.14. The number of allylic oxidation sites excluding steroid dienone is 24. The van der Waals surface area contributed by atoms with Gasteiger partial charge in [0.05, 0.1) is 0 Å². The summed E-state index contributed by atoms with van der Waals surface area (Å²) < 4.78 is 16.9. The minimum atomic E-state index is -0.820. The van der Waals surface area contributed by atoms with Crippen molar-refractivity contribution in [2.45, 2.75) is 271 Å². The van der Waals surface area contributed by atoms with E-state index < -0.39 is 6.10 Å². The molecule has 0 aliphatic carbocycles. The maximum Gasteiger partial charge on any atom is 0.306 e. The average molecular weight is 1060 g/mol. The molecule has 1 atom stereocenters. The summed E-state index contributed by atoms with van der Waals surface area (Å²) >= 11 is 0. The predicted molar refractivity (Wildman–Crippen MR) is 334 cm³/mol. The fourth-order valence-electron chi connectivity index (χ4n) is 8.17. The van der Waals surface area contributed by atoms with E-state index in [4.69, 9.17) is 14.2 Å². The van der Waals surface area contributed by atoms with Crippen LogP contribution in [0.4, 0.5) is 0 Å². The van der Waals surface area contributed by atoms with Crippen LogP contribution in [-0.2, 0) is 28.6 Å². The molecule has 0 rings (SSSR count). The van der Waals surface area contributed by atoms with Gasteiger partial charge in [0.2, 0.25) is 0 Å². The number of hydrogen-bond acceptors (Lipinski definition) is 6. The second-order valence-electron chi connectivity index (χ2n) is 20.2. The van der Waals surface area contributed by atoms with Crippen molar-refractivity contribution in [1.82, 2.24) is 0 Å². The molecule has 0 aliphatic heterocycles. The van der Waals surface area contributed by atoms with Crippen LogP contribution in [0.2, 0.25) is 0 Å². The summed E-state index contributed by atoms with van der Waals surface area (Å²) in [6.45, 7) is 6.35. The number of unbranched alkanes of at least 4 members (excludes halogenated alkanes) is 20. The van der Waals surface area contributed by atoms with E-state index in [-0.39, 0.29) is 37.5 Å². The summed E-state index contributed by atoms with van der Waals surface area (Å²) in [6, 6.07) is 0. The SMILES string of the molecule is CC/C=C\C/C=C\C/C=C\C/C=C\C/C=C\CCCCCC(=O)OCC(COC(=O)CCCCCCCCCCC/C=C\C/C=C\CCCCCCC)OC(=O)CCCCC/C=C\C/C=C\C/C=C\C/C=C\C/C=C\CC. The normalized spacial score (nSPS) is 13.1. The van der Waals surface area contributed by atoms with Gasteiger partial charge in [-0.3, -0.25) is 14.4 Å². The Labute approximate surface area is 474 Å². The number of hydrogen-bond donors (Lipinski definition) is 0. The third-order valence-electron chi connectivity index (χ3n) is 12.8. The van der Waals surface area contributed by atoms with E-state index in [1.807, 2.05) is 0 Å². The van der Waals surface area contributed by atoms with Crippen molar-refractivity contribution >= 4 is 17.9 Å². The van der Waals surface area contributed by atoms with E-state index >= 15 is 0 Å². The van der Waals surface area contributed by atoms with Crippen molar-refractivity contribution in [3.05, 3.63) is 146 Å². The number of rotatable bonds is 55. The second-order valence-corrected chi connectivity index (χ2v) is 20.2. The van der Waals surface area contributed by atoms with Gasteiger partial charge in [0.1, 0.15) is 13.2 Å². The molecule has 0 bridgehead atoms. The number of carbonyl (C=O) groups is 3. The molecule has 77 heavy (non-hydrogen) atoms. The van der Waals surface area contributed by atoms with Crippen molar-refractivity contribution in [2.24, 2.45) is 0 Å². The van der Waals surface area contributed by atoms with Crippen molar-refractivity contribution in [3.8, 4) is 0 Å². The Kier molecular flexibility index (Phi) is 59.9. The van der Waals surface area contributed by atoms with Crippen molar-refractivity contribution in [1.29, 1.82) is 0 Å². The lowest BCUT2D eigenvalue weighted by Crippen LogP contribution is -2.30. The van der Waals surface area contributed by atoms with Gasteiger partial charge in [-0.2, -0.15) is 0 Å². The van der Waals surface area contributed by atoms with Gasteiger partial charge in [0.15, 0.2) is 6.10 Å². The fourth-order valence-corrected chi connectivity index (χ4v) is 8.17. The smallest absolute Gasteiger partial charge is 0.306 e. The zero-order chi connectivity index (χ0) is 55.7. The first-order valence-electron chi connectivity index (χ1n) is 31.3. The maximum atomic E-state index is 12.9. The molecule has 0 aliphatic rings. The summed E-state index contributed by atoms with van der Waals surface area (Å²) in [5.41, 5.74) is 0. The Morgan fingerprint density at radius 1 is 0.273 bits per heavy atom. The van der Waals surface area contributed by atoms with Gasteiger partial charge in [-0.1, -0.05) is 250 Å². The zero-order valence-electron chi connectivity index (χ0n) is 49.7. The lowest BCUT2D eigenvalue weighted by Gasteiger charge is -2.18. The highest BCUT2D eigenvalue weighted by molar-refractivity contribution is 5.71. The van der Waals surface area contributed by atoms with Crippen LogP contribution >= 0.6 is 0 Å². The Morgan fingerprint density at radius 3 is 0.805 bits per heavy atom. The quantitative estimate of drug-likeness (QED) is 0.0261. The molecule has 6 heteroatoms. The Hall–Kier alpha value is -4.71. The molecular weight excluding hydrogens is 949 g/mol. The molecule has 0 aromatic carbocycles. The third kappa shape index (κ3) is 62.0. The van der Waals surface area contributed by atoms with E-state index in [2.05, 4.69) is 167 Å². The fraction of sp³-hybridized carbons (Fsp3) is 0.620. The molecule has 0 aromatic heterocycles. The molecule has 0 aromatic rings. The van der Waals surface area contributed by atoms with Gasteiger partial charge < -0.3 is 14.2 Å². The van der Waals surface area contributed by atoms with Crippen LogP contribution in [0.3, 0.4) is 0 Å². The molecular formula is C71H114O6. The standard InChI is InChI=1S/C71H114O6/c1-4-7-10-13-16-19-22-25-28-31-34-35-38-40-43-46-49-52-55-58-61-64-70(73)76-67-68(77-71(74)65-62-59-56-53-50-47-44-41-37-33-30-27-24-21-18-15-12-9-6-3)66-75-69(72)63-60-57-54-51-48-45-42-39-36-32-29-26-23-20-17-14-11-8-5-2/h8-9,11-12,17-18,20-22,25-27,29-31,34,36-37,39,41,45,47-48,50,68H,4-7,10,13-16,19,23-24,28,32-33,35,38,40,42-44,46,49,51-67H2,1-3H3/b11-8-,12-9-,20-17-,21-18-,25-22-,29-26-,30-27-,34-31-,39-36-,41-37-,48-45-,50-47-. The van der Waals surface area contributed by atoms with Crippen LogP contribution in [0.15, 0.2) is 146 Å². The number of esters is 3. The Balaban J connectivity index is 4.53. The van der Waals surface area contributed by atoms with E-state index in [9.17, 15) is 14.4 Å². The average Bonchev–Trinajstić information content (AvgIpc) is 3.43. The highest BCUT2D eigenvalue weighted by Gasteiger charge is 2.19. The van der Waals surface area contributed by atoms with Gasteiger partial charge in [0.25, 0.3) is 0 Å². The molecule has 434 valence electrons. The summed E-state index contributed by atoms with van der Waals surface area (Å²) in [7, 11) is 0. The second kappa shape index (κ2) is 63.8. The molecule has 0 heterocycles. The molecule has 0 radical (unpaired) electrons. The largest absolute Gasteiger partial charge is 0.462 e. The van der Waals surface area contributed by atoms with Crippen LogP contribution in [0, 0.1) is 0 Å². The summed E-state index contributed by atoms with van der Waals surface area (Å²) in [4.78, 5) is 38.3. The van der Waals surface area contributed by atoms with Gasteiger partial charge in [0, 0.05) is 19.3 Å². The lowest BCUT2D eigenvalue weighted by atomic mass is 10.1. The van der Waals surface area contributed by atoms with Crippen LogP contribution < -0.4 is 0 Å². The molecule has 0 N–H and O–H groups in total. The minimum Gasteiger partial charge on any atom is -0.462 e. The summed E-state index contributed by atoms with van der Waals surface area (Å²) in [5, 5.41) is 0. The van der Waals surface area contributed by atoms with E-state index in [0.29, 0.717) is 19.3 Å². The van der Waals surface area contributed by atoms with Crippen LogP contribution in [0.5, 0.6) is 0 Å². The first kappa shape index (κ1) is 72.3. The van der Waals surface area contributed by atoms with Gasteiger partial charge in [-0.25, -0.2) is 0 Å². The molecule has 6 nitrogen and oxygen atoms in total. The first-order chi connectivity index (χ1) is 38.0. The number of ether oxygens (including phenoxy) is 3. The zero-order valence-corrected chi connectivity index (χ0v) is 49.7. The Morgan fingerprint density at radius 2 is 0.506 bits per heavy atom. The number of carbonyl (C=O) groups excluding carboxylic acids is 3. The third-order valence-corrected chi connectivity index (χ3v) is 12.8.